The average molecular weight is 340 g/mol. The Morgan fingerprint density at radius 2 is 2.00 bits per heavy atom. The number of halogens is 3. The number of nitrogens with zero attached hydrogens (tertiary/aromatic N) is 3. The van der Waals surface area contributed by atoms with Crippen LogP contribution in [-0.4, -0.2) is 20.7 Å². The number of aryl methyl sites for hydroxylation is 1. The van der Waals surface area contributed by atoms with Gasteiger partial charge in [0, 0.05) is 24.7 Å². The third-order valence-corrected chi connectivity index (χ3v) is 4.06. The van der Waals surface area contributed by atoms with E-state index in [2.05, 4.69) is 15.5 Å². The predicted molar refractivity (Wildman–Crippen MR) is 80.1 cm³/mol. The molecule has 0 spiro atoms. The number of aromatic nitrogens is 3. The smallest absolute Gasteiger partial charge is 0.347 e. The number of hydrogen-bond acceptors (Lipinski definition) is 4. The molecule has 0 radical (unpaired) electrons. The third kappa shape index (κ3) is 3.50. The largest absolute Gasteiger partial charge is 0.445 e. The monoisotopic (exact) mass is 340 g/mol. The first kappa shape index (κ1) is 15.5. The maximum Gasteiger partial charge on any atom is 0.445 e. The Labute approximate surface area is 132 Å². The van der Waals surface area contributed by atoms with Gasteiger partial charge in [-0.15, -0.1) is 10.2 Å². The van der Waals surface area contributed by atoms with Gasteiger partial charge in [0.15, 0.2) is 0 Å². The molecule has 0 aliphatic rings. The van der Waals surface area contributed by atoms with Gasteiger partial charge in [-0.3, -0.25) is 4.79 Å². The minimum absolute atomic E-state index is 0.125. The Kier molecular flexibility index (Phi) is 4.03. The second-order valence-corrected chi connectivity index (χ2v) is 5.75. The first-order valence-corrected chi connectivity index (χ1v) is 7.49. The van der Waals surface area contributed by atoms with Crippen molar-refractivity contribution in [3.8, 4) is 0 Å². The highest BCUT2D eigenvalue weighted by Crippen LogP contribution is 2.33. The normalized spacial score (nSPS) is 11.8. The van der Waals surface area contributed by atoms with Crippen LogP contribution in [0.25, 0.3) is 10.9 Å². The lowest BCUT2D eigenvalue weighted by Crippen LogP contribution is -2.14. The van der Waals surface area contributed by atoms with Crippen LogP contribution < -0.4 is 5.32 Å². The van der Waals surface area contributed by atoms with Gasteiger partial charge in [-0.2, -0.15) is 13.2 Å². The van der Waals surface area contributed by atoms with Crippen molar-refractivity contribution in [2.45, 2.75) is 19.1 Å². The molecule has 1 N–H and O–H groups in total. The van der Waals surface area contributed by atoms with Crippen molar-refractivity contribution in [3.63, 3.8) is 0 Å². The highest BCUT2D eigenvalue weighted by atomic mass is 32.1. The van der Waals surface area contributed by atoms with E-state index >= 15 is 0 Å². The topological polar surface area (TPSA) is 59.8 Å². The number of carbonyl (C=O) groups excluding carboxylic acids is 1. The number of carbonyl (C=O) groups is 1. The molecule has 0 saturated heterocycles. The number of hydrogen-bond donors (Lipinski definition) is 1. The molecule has 0 atom stereocenters. The number of benzene rings is 1. The molecule has 23 heavy (non-hydrogen) atoms. The summed E-state index contributed by atoms with van der Waals surface area (Å²) >= 11 is 0.308. The number of amides is 1. The summed E-state index contributed by atoms with van der Waals surface area (Å²) in [4.78, 5) is 11.8. The molecule has 1 aromatic carbocycles. The van der Waals surface area contributed by atoms with E-state index in [-0.39, 0.29) is 11.6 Å². The van der Waals surface area contributed by atoms with E-state index in [4.69, 9.17) is 0 Å². The van der Waals surface area contributed by atoms with E-state index in [0.717, 1.165) is 10.9 Å². The first-order chi connectivity index (χ1) is 10.9. The maximum absolute atomic E-state index is 12.4. The van der Waals surface area contributed by atoms with Crippen molar-refractivity contribution in [2.75, 3.05) is 5.32 Å². The molecule has 3 aromatic rings. The van der Waals surface area contributed by atoms with Crippen molar-refractivity contribution < 1.29 is 18.0 Å². The van der Waals surface area contributed by atoms with Crippen LogP contribution in [0.2, 0.25) is 0 Å². The first-order valence-electron chi connectivity index (χ1n) is 6.68. The molecule has 0 fully saturated rings. The van der Waals surface area contributed by atoms with Crippen LogP contribution >= 0.6 is 11.3 Å². The van der Waals surface area contributed by atoms with Gasteiger partial charge in [0.05, 0.1) is 0 Å². The Morgan fingerprint density at radius 3 is 2.74 bits per heavy atom. The number of nitrogens with one attached hydrogen (secondary N) is 1. The second-order valence-electron chi connectivity index (χ2n) is 4.78. The van der Waals surface area contributed by atoms with Crippen molar-refractivity contribution >= 4 is 33.3 Å². The average Bonchev–Trinajstić information content (AvgIpc) is 3.11. The number of rotatable bonds is 4. The zero-order valence-electron chi connectivity index (χ0n) is 11.7. The minimum Gasteiger partial charge on any atom is -0.347 e. The van der Waals surface area contributed by atoms with Gasteiger partial charge in [-0.05, 0) is 17.5 Å². The van der Waals surface area contributed by atoms with E-state index in [0.29, 0.717) is 17.9 Å². The summed E-state index contributed by atoms with van der Waals surface area (Å²) in [7, 11) is 0. The van der Waals surface area contributed by atoms with E-state index in [1.54, 1.807) is 0 Å². The molecule has 5 nitrogen and oxygen atoms in total. The summed E-state index contributed by atoms with van der Waals surface area (Å²) in [5.41, 5.74) is 0.996. The molecular weight excluding hydrogens is 329 g/mol. The lowest BCUT2D eigenvalue weighted by atomic mass is 10.2. The Bertz CT molecular complexity index is 840. The van der Waals surface area contributed by atoms with E-state index < -0.39 is 17.1 Å². The molecule has 1 amide bonds. The molecule has 2 aromatic heterocycles. The third-order valence-electron chi connectivity index (χ3n) is 3.17. The van der Waals surface area contributed by atoms with Crippen molar-refractivity contribution in [3.05, 3.63) is 41.5 Å². The fourth-order valence-electron chi connectivity index (χ4n) is 2.13. The van der Waals surface area contributed by atoms with Gasteiger partial charge in [0.2, 0.25) is 16.0 Å². The van der Waals surface area contributed by atoms with Gasteiger partial charge >= 0.3 is 6.18 Å². The minimum atomic E-state index is -4.55. The summed E-state index contributed by atoms with van der Waals surface area (Å²) < 4.78 is 39.2. The molecule has 120 valence electrons. The highest BCUT2D eigenvalue weighted by molar-refractivity contribution is 7.15. The van der Waals surface area contributed by atoms with Crippen molar-refractivity contribution in [1.29, 1.82) is 0 Å². The lowest BCUT2D eigenvalue weighted by Gasteiger charge is -2.05. The summed E-state index contributed by atoms with van der Waals surface area (Å²) in [5, 5.41) is 8.51. The van der Waals surface area contributed by atoms with E-state index in [9.17, 15) is 18.0 Å². The van der Waals surface area contributed by atoms with Crippen LogP contribution in [0.3, 0.4) is 0 Å². The molecule has 2 heterocycles. The lowest BCUT2D eigenvalue weighted by molar-refractivity contribution is -0.138. The van der Waals surface area contributed by atoms with E-state index in [1.165, 1.54) is 0 Å². The number of fused-ring (bicyclic) bond motifs is 1. The Balaban J connectivity index is 1.60. The summed E-state index contributed by atoms with van der Waals surface area (Å²) in [5.74, 6) is -0.410. The second kappa shape index (κ2) is 5.99. The molecule has 0 aliphatic carbocycles. The quantitative estimate of drug-likeness (QED) is 0.790. The fraction of sp³-hybridized carbons (Fsp3) is 0.214. The van der Waals surface area contributed by atoms with Crippen molar-refractivity contribution in [2.24, 2.45) is 0 Å². The summed E-state index contributed by atoms with van der Waals surface area (Å²) in [6.45, 7) is 0.421. The van der Waals surface area contributed by atoms with Gasteiger partial charge in [0.25, 0.3) is 0 Å². The van der Waals surface area contributed by atoms with Gasteiger partial charge in [-0.25, -0.2) is 0 Å². The number of para-hydroxylation sites is 1. The van der Waals surface area contributed by atoms with Gasteiger partial charge in [-0.1, -0.05) is 29.5 Å². The highest BCUT2D eigenvalue weighted by Gasteiger charge is 2.35. The SMILES string of the molecule is O=C(CCn1ccc2ccccc21)Nc1nnc(C(F)(F)F)s1. The molecule has 3 rings (SSSR count). The standard InChI is InChI=1S/C14H11F3N4OS/c15-14(16,17)12-19-20-13(23-12)18-11(22)6-8-21-7-5-9-3-1-2-4-10(9)21/h1-5,7H,6,8H2,(H,18,20,22). The maximum atomic E-state index is 12.4. The Morgan fingerprint density at radius 1 is 1.22 bits per heavy atom. The summed E-state index contributed by atoms with van der Waals surface area (Å²) in [6.07, 6.45) is -2.56. The van der Waals surface area contributed by atoms with Crippen LogP contribution in [0.15, 0.2) is 36.5 Å². The van der Waals surface area contributed by atoms with Crippen LogP contribution in [-0.2, 0) is 17.5 Å². The van der Waals surface area contributed by atoms with Crippen LogP contribution in [0, 0.1) is 0 Å². The summed E-state index contributed by atoms with van der Waals surface area (Å²) in [6, 6.07) is 9.67. The van der Waals surface area contributed by atoms with E-state index in [1.807, 2.05) is 41.1 Å². The molecule has 0 aliphatic heterocycles. The fourth-order valence-corrected chi connectivity index (χ4v) is 2.75. The molecule has 9 heteroatoms. The van der Waals surface area contributed by atoms with Crippen LogP contribution in [0.1, 0.15) is 11.4 Å². The zero-order valence-corrected chi connectivity index (χ0v) is 12.5. The predicted octanol–water partition coefficient (Wildman–Crippen LogP) is 3.54. The molecule has 0 saturated carbocycles. The van der Waals surface area contributed by atoms with Crippen LogP contribution in [0.4, 0.5) is 18.3 Å². The van der Waals surface area contributed by atoms with Crippen molar-refractivity contribution in [1.82, 2.24) is 14.8 Å². The molecular formula is C14H11F3N4OS. The van der Waals surface area contributed by atoms with Gasteiger partial charge in [0.1, 0.15) is 0 Å². The number of alkyl halides is 3. The molecule has 0 bridgehead atoms. The number of anilines is 1. The molecule has 0 unspecified atom stereocenters. The Hall–Kier alpha value is -2.42. The van der Waals surface area contributed by atoms with Crippen LogP contribution in [0.5, 0.6) is 0 Å². The van der Waals surface area contributed by atoms with Gasteiger partial charge < -0.3 is 9.88 Å². The zero-order chi connectivity index (χ0) is 16.4.